The van der Waals surface area contributed by atoms with Crippen molar-refractivity contribution < 1.29 is 31.9 Å². The minimum absolute atomic E-state index is 0.0208. The SMILES string of the molecule is CS(=O)(=O)c1cc(F)c(O[C@@H]2CCN(C3CCN(/C(N)=N\O)CC3)C2=O)cc1F. The molecule has 3 rings (SSSR count). The van der Waals surface area contributed by atoms with Gasteiger partial charge in [-0.3, -0.25) is 4.79 Å². The number of ether oxygens (including phenoxy) is 1. The van der Waals surface area contributed by atoms with Gasteiger partial charge in [-0.05, 0) is 18.9 Å². The number of carbonyl (C=O) groups is 1. The van der Waals surface area contributed by atoms with Crippen LogP contribution in [0.25, 0.3) is 0 Å². The van der Waals surface area contributed by atoms with Crippen LogP contribution in [0.5, 0.6) is 5.75 Å². The molecule has 29 heavy (non-hydrogen) atoms. The predicted molar refractivity (Wildman–Crippen MR) is 98.2 cm³/mol. The fourth-order valence-corrected chi connectivity index (χ4v) is 4.39. The van der Waals surface area contributed by atoms with Crippen molar-refractivity contribution in [3.63, 3.8) is 0 Å². The number of rotatable bonds is 4. The average molecular weight is 432 g/mol. The third-order valence-corrected chi connectivity index (χ3v) is 6.29. The number of oxime groups is 1. The Morgan fingerprint density at radius 1 is 1.21 bits per heavy atom. The number of guanidine groups is 1. The van der Waals surface area contributed by atoms with Crippen molar-refractivity contribution in [1.82, 2.24) is 9.80 Å². The summed E-state index contributed by atoms with van der Waals surface area (Å²) in [7, 11) is -3.93. The van der Waals surface area contributed by atoms with Gasteiger partial charge in [-0.15, -0.1) is 0 Å². The molecular formula is C17H22F2N4O5S. The molecule has 0 aromatic heterocycles. The third-order valence-electron chi connectivity index (χ3n) is 5.18. The lowest BCUT2D eigenvalue weighted by atomic mass is 10.0. The summed E-state index contributed by atoms with van der Waals surface area (Å²) < 4.78 is 56.6. The summed E-state index contributed by atoms with van der Waals surface area (Å²) in [4.78, 5) is 15.3. The smallest absolute Gasteiger partial charge is 0.263 e. The molecule has 1 aromatic rings. The molecule has 0 aliphatic carbocycles. The van der Waals surface area contributed by atoms with Crippen molar-refractivity contribution in [1.29, 1.82) is 0 Å². The van der Waals surface area contributed by atoms with Gasteiger partial charge in [0.1, 0.15) is 10.7 Å². The zero-order valence-corrected chi connectivity index (χ0v) is 16.5. The Balaban J connectivity index is 1.66. The van der Waals surface area contributed by atoms with Crippen molar-refractivity contribution in [3.05, 3.63) is 23.8 Å². The standard InChI is InChI=1S/C17H22F2N4O5S/c1-29(26,27)15-9-11(18)14(8-12(15)19)28-13-4-7-23(16(13)24)10-2-5-22(6-3-10)17(20)21-25/h8-10,13,25H,2-7H2,1H3,(H2,20,21)/t13-/m1/s1. The Morgan fingerprint density at radius 3 is 2.45 bits per heavy atom. The fourth-order valence-electron chi connectivity index (χ4n) is 3.65. The molecule has 0 saturated carbocycles. The van der Waals surface area contributed by atoms with E-state index in [0.717, 1.165) is 6.26 Å². The van der Waals surface area contributed by atoms with Crippen molar-refractivity contribution in [2.24, 2.45) is 10.9 Å². The monoisotopic (exact) mass is 432 g/mol. The van der Waals surface area contributed by atoms with Gasteiger partial charge in [-0.1, -0.05) is 5.16 Å². The Kier molecular flexibility index (Phi) is 5.82. The van der Waals surface area contributed by atoms with Gasteiger partial charge < -0.3 is 25.5 Å². The highest BCUT2D eigenvalue weighted by Gasteiger charge is 2.39. The maximum atomic E-state index is 14.2. The lowest BCUT2D eigenvalue weighted by Crippen LogP contribution is -2.50. The number of nitrogens with two attached hydrogens (primary N) is 1. The molecule has 2 saturated heterocycles. The van der Waals surface area contributed by atoms with E-state index in [4.69, 9.17) is 15.7 Å². The van der Waals surface area contributed by atoms with E-state index in [-0.39, 0.29) is 17.9 Å². The van der Waals surface area contributed by atoms with Crippen LogP contribution >= 0.6 is 0 Å². The molecular weight excluding hydrogens is 410 g/mol. The first-order valence-electron chi connectivity index (χ1n) is 9.00. The Hall–Kier alpha value is -2.63. The van der Waals surface area contributed by atoms with Crippen LogP contribution in [0.4, 0.5) is 8.78 Å². The highest BCUT2D eigenvalue weighted by molar-refractivity contribution is 7.90. The number of piperidine rings is 1. The molecule has 1 atom stereocenters. The summed E-state index contributed by atoms with van der Waals surface area (Å²) >= 11 is 0. The molecule has 2 aliphatic heterocycles. The minimum Gasteiger partial charge on any atom is -0.477 e. The molecule has 2 heterocycles. The van der Waals surface area contributed by atoms with Crippen molar-refractivity contribution in [2.45, 2.75) is 36.3 Å². The number of hydrogen-bond donors (Lipinski definition) is 2. The molecule has 2 aliphatic rings. The van der Waals surface area contributed by atoms with Crippen LogP contribution in [0.15, 0.2) is 22.2 Å². The van der Waals surface area contributed by atoms with Crippen LogP contribution in [0.3, 0.4) is 0 Å². The van der Waals surface area contributed by atoms with E-state index in [1.165, 1.54) is 0 Å². The lowest BCUT2D eigenvalue weighted by molar-refractivity contribution is -0.136. The number of benzene rings is 1. The summed E-state index contributed by atoms with van der Waals surface area (Å²) in [6.45, 7) is 1.44. The van der Waals surface area contributed by atoms with E-state index in [9.17, 15) is 22.0 Å². The quantitative estimate of drug-likeness (QED) is 0.307. The number of halogens is 2. The Bertz CT molecular complexity index is 932. The molecule has 0 unspecified atom stereocenters. The van der Waals surface area contributed by atoms with Gasteiger partial charge in [0.25, 0.3) is 5.91 Å². The number of sulfone groups is 1. The molecule has 2 fully saturated rings. The maximum absolute atomic E-state index is 14.2. The normalized spacial score (nSPS) is 21.7. The van der Waals surface area contributed by atoms with Crippen LogP contribution in [-0.4, -0.2) is 73.3 Å². The summed E-state index contributed by atoms with van der Waals surface area (Å²) in [6.07, 6.45) is 1.32. The van der Waals surface area contributed by atoms with E-state index >= 15 is 0 Å². The van der Waals surface area contributed by atoms with E-state index in [1.54, 1.807) is 9.80 Å². The van der Waals surface area contributed by atoms with Gasteiger partial charge in [0, 0.05) is 44.4 Å². The predicted octanol–water partition coefficient (Wildman–Crippen LogP) is 0.516. The highest BCUT2D eigenvalue weighted by atomic mass is 32.2. The van der Waals surface area contributed by atoms with Crippen LogP contribution in [0.2, 0.25) is 0 Å². The summed E-state index contributed by atoms with van der Waals surface area (Å²) in [6, 6.07) is 1.14. The molecule has 1 amide bonds. The molecule has 160 valence electrons. The van der Waals surface area contributed by atoms with Crippen LogP contribution in [0, 0.1) is 11.6 Å². The number of nitrogens with zero attached hydrogens (tertiary/aromatic N) is 3. The number of amides is 1. The second kappa shape index (κ2) is 8.01. The maximum Gasteiger partial charge on any atom is 0.263 e. The van der Waals surface area contributed by atoms with Gasteiger partial charge in [0.15, 0.2) is 27.5 Å². The summed E-state index contributed by atoms with van der Waals surface area (Å²) in [5.74, 6) is -3.00. The van der Waals surface area contributed by atoms with Crippen molar-refractivity contribution >= 4 is 21.7 Å². The summed E-state index contributed by atoms with van der Waals surface area (Å²) in [5, 5.41) is 11.7. The Morgan fingerprint density at radius 2 is 1.86 bits per heavy atom. The van der Waals surface area contributed by atoms with Gasteiger partial charge in [0.05, 0.1) is 0 Å². The molecule has 3 N–H and O–H groups in total. The van der Waals surface area contributed by atoms with Crippen LogP contribution in [-0.2, 0) is 14.6 Å². The Labute approximate surface area is 166 Å². The van der Waals surface area contributed by atoms with Gasteiger partial charge >= 0.3 is 0 Å². The van der Waals surface area contributed by atoms with Crippen LogP contribution < -0.4 is 10.5 Å². The van der Waals surface area contributed by atoms with Gasteiger partial charge in [-0.25, -0.2) is 17.2 Å². The molecule has 1 aromatic carbocycles. The van der Waals surface area contributed by atoms with Gasteiger partial charge in [0.2, 0.25) is 5.96 Å². The zero-order chi connectivity index (χ0) is 21.3. The first kappa shape index (κ1) is 21.1. The second-order valence-electron chi connectivity index (χ2n) is 7.09. The average Bonchev–Trinajstić information content (AvgIpc) is 3.03. The molecule has 12 heteroatoms. The topological polar surface area (TPSA) is 126 Å². The first-order chi connectivity index (χ1) is 13.6. The van der Waals surface area contributed by atoms with E-state index in [1.807, 2.05) is 0 Å². The third kappa shape index (κ3) is 4.36. The fraction of sp³-hybridized carbons (Fsp3) is 0.529. The summed E-state index contributed by atoms with van der Waals surface area (Å²) in [5.41, 5.74) is 5.57. The molecule has 9 nitrogen and oxygen atoms in total. The van der Waals surface area contributed by atoms with E-state index in [2.05, 4.69) is 5.16 Å². The molecule has 0 spiro atoms. The molecule has 0 radical (unpaired) electrons. The number of carbonyl (C=O) groups excluding carboxylic acids is 1. The van der Waals surface area contributed by atoms with Crippen molar-refractivity contribution in [3.8, 4) is 5.75 Å². The van der Waals surface area contributed by atoms with E-state index < -0.39 is 38.2 Å². The lowest BCUT2D eigenvalue weighted by Gasteiger charge is -2.36. The zero-order valence-electron chi connectivity index (χ0n) is 15.7. The van der Waals surface area contributed by atoms with Crippen LogP contribution in [0.1, 0.15) is 19.3 Å². The minimum atomic E-state index is -3.93. The van der Waals surface area contributed by atoms with Gasteiger partial charge in [-0.2, -0.15) is 0 Å². The largest absolute Gasteiger partial charge is 0.477 e. The second-order valence-corrected chi connectivity index (χ2v) is 9.07. The highest BCUT2D eigenvalue weighted by Crippen LogP contribution is 2.29. The number of hydrogen-bond acceptors (Lipinski definition) is 6. The number of likely N-dealkylation sites (tertiary alicyclic amines) is 2. The molecule has 0 bridgehead atoms. The van der Waals surface area contributed by atoms with Crippen molar-refractivity contribution in [2.75, 3.05) is 25.9 Å². The van der Waals surface area contributed by atoms with E-state index in [0.29, 0.717) is 51.0 Å². The first-order valence-corrected chi connectivity index (χ1v) is 10.9.